The molecule has 5 rings (SSSR count). The van der Waals surface area contributed by atoms with Gasteiger partial charge in [0.15, 0.2) is 0 Å². The highest BCUT2D eigenvalue weighted by molar-refractivity contribution is 6.83. The number of rotatable bonds is 5. The molecule has 0 bridgehead atoms. The molecular formula is C32H34Si. The molecule has 2 aromatic carbocycles. The molecule has 0 saturated carbocycles. The van der Waals surface area contributed by atoms with Crippen LogP contribution in [0.4, 0.5) is 0 Å². The molecule has 0 N–H and O–H groups in total. The molecule has 0 nitrogen and oxygen atoms in total. The molecule has 0 spiro atoms. The molecule has 0 aromatic heterocycles. The average molecular weight is 447 g/mol. The molecule has 3 atom stereocenters. The zero-order valence-electron chi connectivity index (χ0n) is 20.3. The monoisotopic (exact) mass is 446 g/mol. The first-order valence-electron chi connectivity index (χ1n) is 12.3. The van der Waals surface area contributed by atoms with Crippen LogP contribution in [0.25, 0.3) is 5.57 Å². The quantitative estimate of drug-likeness (QED) is 0.402. The molecule has 33 heavy (non-hydrogen) atoms. The highest BCUT2D eigenvalue weighted by Gasteiger charge is 2.46. The van der Waals surface area contributed by atoms with Crippen LogP contribution in [0.5, 0.6) is 0 Å². The van der Waals surface area contributed by atoms with E-state index >= 15 is 0 Å². The standard InChI is InChI=1S/C32H34Si/c1-5-24-21-30-28(26-16-10-7-11-17-26)18-12-13-19-29(30)32(24)33(3,4)31-22-27(20-23(31)2)25-14-8-6-9-15-25/h6-22,28,31-32H,5H2,1-4H3. The van der Waals surface area contributed by atoms with Crippen LogP contribution in [0.3, 0.4) is 0 Å². The summed E-state index contributed by atoms with van der Waals surface area (Å²) in [5, 5.41) is 0. The molecule has 0 aliphatic heterocycles. The molecule has 2 aromatic rings. The Labute approximate surface area is 200 Å². The lowest BCUT2D eigenvalue weighted by atomic mass is 9.90. The maximum atomic E-state index is 2.62. The summed E-state index contributed by atoms with van der Waals surface area (Å²) < 4.78 is 0. The van der Waals surface area contributed by atoms with Gasteiger partial charge in [0.05, 0.1) is 8.07 Å². The van der Waals surface area contributed by atoms with Crippen LogP contribution in [0.2, 0.25) is 24.2 Å². The molecule has 3 aliphatic rings. The van der Waals surface area contributed by atoms with Crippen molar-refractivity contribution in [3.63, 3.8) is 0 Å². The van der Waals surface area contributed by atoms with E-state index in [2.05, 4.69) is 130 Å². The summed E-state index contributed by atoms with van der Waals surface area (Å²) in [4.78, 5) is 0. The van der Waals surface area contributed by atoms with Gasteiger partial charge in [0.25, 0.3) is 0 Å². The van der Waals surface area contributed by atoms with Crippen molar-refractivity contribution in [1.82, 2.24) is 0 Å². The zero-order valence-corrected chi connectivity index (χ0v) is 21.3. The Kier molecular flexibility index (Phi) is 5.84. The van der Waals surface area contributed by atoms with Gasteiger partial charge in [-0.1, -0.05) is 134 Å². The van der Waals surface area contributed by atoms with Gasteiger partial charge in [0.1, 0.15) is 0 Å². The first-order valence-corrected chi connectivity index (χ1v) is 15.5. The van der Waals surface area contributed by atoms with Gasteiger partial charge in [-0.15, -0.1) is 0 Å². The van der Waals surface area contributed by atoms with Crippen molar-refractivity contribution in [2.45, 2.75) is 50.4 Å². The van der Waals surface area contributed by atoms with Crippen molar-refractivity contribution >= 4 is 13.6 Å². The summed E-state index contributed by atoms with van der Waals surface area (Å²) in [6.45, 7) is 9.93. The van der Waals surface area contributed by atoms with Gasteiger partial charge in [-0.3, -0.25) is 0 Å². The van der Waals surface area contributed by atoms with Gasteiger partial charge in [-0.05, 0) is 46.7 Å². The molecule has 166 valence electrons. The molecule has 0 fully saturated rings. The van der Waals surface area contributed by atoms with Crippen molar-refractivity contribution in [3.8, 4) is 0 Å². The lowest BCUT2D eigenvalue weighted by Crippen LogP contribution is -2.38. The van der Waals surface area contributed by atoms with Gasteiger partial charge in [0.2, 0.25) is 0 Å². The van der Waals surface area contributed by atoms with E-state index in [1.54, 1.807) is 11.1 Å². The SMILES string of the molecule is CCC1=CC2=C(C=CC=CC2c2ccccc2)C1[Si](C)(C)C1C=C(c2ccccc2)C=C1C. The second kappa shape index (κ2) is 8.80. The fourth-order valence-corrected chi connectivity index (χ4v) is 10.8. The summed E-state index contributed by atoms with van der Waals surface area (Å²) in [6, 6.07) is 21.9. The van der Waals surface area contributed by atoms with Crippen LogP contribution in [-0.4, -0.2) is 8.07 Å². The Morgan fingerprint density at radius 1 is 0.818 bits per heavy atom. The number of allylic oxidation sites excluding steroid dienone is 12. The molecule has 0 saturated heterocycles. The zero-order chi connectivity index (χ0) is 23.0. The van der Waals surface area contributed by atoms with Gasteiger partial charge in [-0.2, -0.15) is 0 Å². The van der Waals surface area contributed by atoms with E-state index in [9.17, 15) is 0 Å². The van der Waals surface area contributed by atoms with Crippen molar-refractivity contribution < 1.29 is 0 Å². The van der Waals surface area contributed by atoms with E-state index < -0.39 is 8.07 Å². The van der Waals surface area contributed by atoms with E-state index in [-0.39, 0.29) is 0 Å². The third kappa shape index (κ3) is 3.89. The summed E-state index contributed by atoms with van der Waals surface area (Å²) in [6.07, 6.45) is 18.0. The number of hydrogen-bond acceptors (Lipinski definition) is 0. The third-order valence-electron chi connectivity index (χ3n) is 7.82. The van der Waals surface area contributed by atoms with E-state index in [0.717, 1.165) is 6.42 Å². The Morgan fingerprint density at radius 3 is 2.21 bits per heavy atom. The maximum Gasteiger partial charge on any atom is 0.0714 e. The Bertz CT molecular complexity index is 1220. The molecule has 1 heteroatoms. The summed E-state index contributed by atoms with van der Waals surface area (Å²) in [7, 11) is -1.77. The third-order valence-corrected chi connectivity index (χ3v) is 12.2. The predicted octanol–water partition coefficient (Wildman–Crippen LogP) is 9.04. The first-order chi connectivity index (χ1) is 16.0. The summed E-state index contributed by atoms with van der Waals surface area (Å²) >= 11 is 0. The fourth-order valence-electron chi connectivity index (χ4n) is 6.25. The number of hydrogen-bond donors (Lipinski definition) is 0. The normalized spacial score (nSPS) is 24.4. The second-order valence-corrected chi connectivity index (χ2v) is 15.1. The molecular weight excluding hydrogens is 412 g/mol. The highest BCUT2D eigenvalue weighted by atomic mass is 28.3. The maximum absolute atomic E-state index is 2.62. The highest BCUT2D eigenvalue weighted by Crippen LogP contribution is 2.55. The van der Waals surface area contributed by atoms with Crippen molar-refractivity contribution in [1.29, 1.82) is 0 Å². The molecule has 3 unspecified atom stereocenters. The minimum Gasteiger partial charge on any atom is -0.0726 e. The molecule has 0 radical (unpaired) electrons. The van der Waals surface area contributed by atoms with Gasteiger partial charge < -0.3 is 0 Å². The topological polar surface area (TPSA) is 0 Å². The Hall–Kier alpha value is -2.90. The lowest BCUT2D eigenvalue weighted by Gasteiger charge is -2.38. The van der Waals surface area contributed by atoms with Crippen LogP contribution in [0.1, 0.15) is 37.3 Å². The molecule has 3 aliphatic carbocycles. The average Bonchev–Trinajstić information content (AvgIpc) is 3.35. The van der Waals surface area contributed by atoms with Crippen LogP contribution in [0, 0.1) is 0 Å². The summed E-state index contributed by atoms with van der Waals surface area (Å²) in [5.74, 6) is 0.336. The molecule has 0 heterocycles. The van der Waals surface area contributed by atoms with Crippen molar-refractivity contribution in [3.05, 3.63) is 137 Å². The minimum absolute atomic E-state index is 0.336. The Balaban J connectivity index is 1.57. The van der Waals surface area contributed by atoms with Crippen LogP contribution in [0.15, 0.2) is 125 Å². The van der Waals surface area contributed by atoms with Gasteiger partial charge in [0, 0.05) is 11.5 Å². The van der Waals surface area contributed by atoms with Crippen LogP contribution >= 0.6 is 0 Å². The van der Waals surface area contributed by atoms with E-state index in [1.165, 1.54) is 27.8 Å². The van der Waals surface area contributed by atoms with E-state index in [4.69, 9.17) is 0 Å². The van der Waals surface area contributed by atoms with E-state index in [1.807, 2.05) is 0 Å². The van der Waals surface area contributed by atoms with Crippen molar-refractivity contribution in [2.24, 2.45) is 0 Å². The van der Waals surface area contributed by atoms with Crippen molar-refractivity contribution in [2.75, 3.05) is 0 Å². The van der Waals surface area contributed by atoms with Gasteiger partial charge >= 0.3 is 0 Å². The molecule has 0 amide bonds. The largest absolute Gasteiger partial charge is 0.0726 e. The summed E-state index contributed by atoms with van der Waals surface area (Å²) in [5.41, 5.74) is 11.5. The minimum atomic E-state index is -1.77. The smallest absolute Gasteiger partial charge is 0.0714 e. The first kappa shape index (κ1) is 21.9. The Morgan fingerprint density at radius 2 is 1.52 bits per heavy atom. The fraction of sp³-hybridized carbons (Fsp3) is 0.250. The lowest BCUT2D eigenvalue weighted by molar-refractivity contribution is 0.960. The van der Waals surface area contributed by atoms with Gasteiger partial charge in [-0.25, -0.2) is 0 Å². The van der Waals surface area contributed by atoms with E-state index in [0.29, 0.717) is 17.0 Å². The van der Waals surface area contributed by atoms with Crippen LogP contribution < -0.4 is 0 Å². The second-order valence-electron chi connectivity index (χ2n) is 10.2. The van der Waals surface area contributed by atoms with Crippen LogP contribution in [-0.2, 0) is 0 Å². The number of benzene rings is 2. The predicted molar refractivity (Wildman–Crippen MR) is 146 cm³/mol.